The first-order valence-corrected chi connectivity index (χ1v) is 5.99. The van der Waals surface area contributed by atoms with Gasteiger partial charge in [-0.3, -0.25) is 14.5 Å². The van der Waals surface area contributed by atoms with E-state index in [1.807, 2.05) is 18.1 Å². The Morgan fingerprint density at radius 1 is 1.43 bits per heavy atom. The van der Waals surface area contributed by atoms with E-state index < -0.39 is 11.9 Å². The second-order valence-corrected chi connectivity index (χ2v) is 4.37. The Hall–Kier alpha value is -0.550. The number of ether oxygens (including phenoxy) is 1. The molecule has 1 unspecified atom stereocenters. The minimum atomic E-state index is -0.433. The van der Waals surface area contributed by atoms with E-state index in [1.54, 1.807) is 11.8 Å². The summed E-state index contributed by atoms with van der Waals surface area (Å²) in [5.41, 5.74) is 0. The Morgan fingerprint density at radius 2 is 2.00 bits per heavy atom. The number of carbonyl (C=O) groups is 2. The molecule has 80 valence electrons. The van der Waals surface area contributed by atoms with Crippen LogP contribution in [0.15, 0.2) is 0 Å². The molecule has 1 heterocycles. The number of carbonyl (C=O) groups excluding carboxylic acids is 2. The van der Waals surface area contributed by atoms with Gasteiger partial charge in [0.25, 0.3) is 0 Å². The molecule has 1 aliphatic heterocycles. The maximum absolute atomic E-state index is 11.0. The maximum atomic E-state index is 11.0. The third-order valence-electron chi connectivity index (χ3n) is 2.26. The Kier molecular flexibility index (Phi) is 4.41. The lowest BCUT2D eigenvalue weighted by Crippen LogP contribution is -2.47. The first kappa shape index (κ1) is 11.5. The molecule has 1 atom stereocenters. The van der Waals surface area contributed by atoms with Crippen LogP contribution in [0, 0.1) is 0 Å². The monoisotopic (exact) mass is 217 g/mol. The zero-order valence-electron chi connectivity index (χ0n) is 8.49. The number of thioether (sulfide) groups is 1. The van der Waals surface area contributed by atoms with E-state index in [4.69, 9.17) is 0 Å². The molecule has 0 amide bonds. The van der Waals surface area contributed by atoms with Crippen LogP contribution in [0.1, 0.15) is 13.3 Å². The molecule has 1 rings (SSSR count). The third kappa shape index (κ3) is 3.31. The van der Waals surface area contributed by atoms with Crippen LogP contribution in [-0.2, 0) is 14.3 Å². The highest BCUT2D eigenvalue weighted by Gasteiger charge is 2.27. The van der Waals surface area contributed by atoms with Crippen LogP contribution in [-0.4, -0.2) is 48.0 Å². The smallest absolute Gasteiger partial charge is 0.327 e. The number of morpholine rings is 1. The highest BCUT2D eigenvalue weighted by molar-refractivity contribution is 7.98. The summed E-state index contributed by atoms with van der Waals surface area (Å²) in [4.78, 5) is 23.8. The average molecular weight is 217 g/mol. The van der Waals surface area contributed by atoms with Gasteiger partial charge < -0.3 is 4.74 Å². The second-order valence-electron chi connectivity index (χ2n) is 3.38. The molecule has 0 aliphatic carbocycles. The molecule has 0 saturated carbocycles. The Bertz CT molecular complexity index is 216. The third-order valence-corrected chi connectivity index (χ3v) is 2.90. The van der Waals surface area contributed by atoms with Gasteiger partial charge in [-0.2, -0.15) is 11.8 Å². The van der Waals surface area contributed by atoms with Crippen molar-refractivity contribution in [1.82, 2.24) is 4.90 Å². The molecule has 0 aromatic rings. The Morgan fingerprint density at radius 3 is 2.50 bits per heavy atom. The van der Waals surface area contributed by atoms with E-state index in [-0.39, 0.29) is 19.1 Å². The van der Waals surface area contributed by atoms with Crippen molar-refractivity contribution in [2.45, 2.75) is 19.4 Å². The van der Waals surface area contributed by atoms with Gasteiger partial charge in [-0.05, 0) is 25.4 Å². The van der Waals surface area contributed by atoms with E-state index in [2.05, 4.69) is 4.74 Å². The summed E-state index contributed by atoms with van der Waals surface area (Å²) >= 11 is 1.77. The number of esters is 2. The molecule has 0 N–H and O–H groups in total. The summed E-state index contributed by atoms with van der Waals surface area (Å²) < 4.78 is 4.45. The normalized spacial score (nSPS) is 20.7. The maximum Gasteiger partial charge on any atom is 0.327 e. The number of nitrogens with zero attached hydrogens (tertiary/aromatic N) is 1. The molecular weight excluding hydrogens is 202 g/mol. The minimum Gasteiger partial charge on any atom is -0.391 e. The van der Waals surface area contributed by atoms with Crippen LogP contribution in [0.2, 0.25) is 0 Å². The van der Waals surface area contributed by atoms with E-state index in [0.29, 0.717) is 0 Å². The molecule has 0 aromatic heterocycles. The van der Waals surface area contributed by atoms with Crippen LogP contribution < -0.4 is 0 Å². The summed E-state index contributed by atoms with van der Waals surface area (Å²) in [6.45, 7) is 2.50. The summed E-state index contributed by atoms with van der Waals surface area (Å²) in [5.74, 6) is 0.176. The van der Waals surface area contributed by atoms with Crippen LogP contribution in [0.5, 0.6) is 0 Å². The predicted octanol–water partition coefficient (Wildman–Crippen LogP) is 0.513. The fraction of sp³-hybridized carbons (Fsp3) is 0.778. The van der Waals surface area contributed by atoms with Gasteiger partial charge in [0.15, 0.2) is 0 Å². The van der Waals surface area contributed by atoms with Crippen molar-refractivity contribution in [3.63, 3.8) is 0 Å². The fourth-order valence-corrected chi connectivity index (χ4v) is 1.94. The van der Waals surface area contributed by atoms with Gasteiger partial charge in [-0.15, -0.1) is 0 Å². The van der Waals surface area contributed by atoms with Crippen molar-refractivity contribution in [2.75, 3.05) is 25.1 Å². The fourth-order valence-electron chi connectivity index (χ4n) is 1.36. The van der Waals surface area contributed by atoms with Crippen molar-refractivity contribution in [3.8, 4) is 0 Å². The van der Waals surface area contributed by atoms with Gasteiger partial charge in [-0.1, -0.05) is 0 Å². The lowest BCUT2D eigenvalue weighted by atomic mass is 10.2. The van der Waals surface area contributed by atoms with Crippen LogP contribution in [0.4, 0.5) is 0 Å². The second kappa shape index (κ2) is 5.36. The van der Waals surface area contributed by atoms with Gasteiger partial charge in [0.1, 0.15) is 0 Å². The minimum absolute atomic E-state index is 0.237. The topological polar surface area (TPSA) is 46.6 Å². The molecule has 14 heavy (non-hydrogen) atoms. The zero-order valence-corrected chi connectivity index (χ0v) is 9.30. The molecule has 1 aliphatic rings. The van der Waals surface area contributed by atoms with E-state index >= 15 is 0 Å². The van der Waals surface area contributed by atoms with Crippen LogP contribution >= 0.6 is 11.8 Å². The van der Waals surface area contributed by atoms with Gasteiger partial charge in [0.05, 0.1) is 13.1 Å². The number of rotatable bonds is 4. The standard InChI is InChI=1S/C9H15NO3S/c1-7(3-4-14-2)10-5-8(11)13-9(12)6-10/h7H,3-6H2,1-2H3. The van der Waals surface area contributed by atoms with Crippen molar-refractivity contribution in [2.24, 2.45) is 0 Å². The molecule has 5 heteroatoms. The average Bonchev–Trinajstić information content (AvgIpc) is 2.12. The Balaban J connectivity index is 2.42. The van der Waals surface area contributed by atoms with Crippen molar-refractivity contribution >= 4 is 23.7 Å². The van der Waals surface area contributed by atoms with Gasteiger partial charge in [0.2, 0.25) is 0 Å². The van der Waals surface area contributed by atoms with E-state index in [1.165, 1.54) is 0 Å². The quantitative estimate of drug-likeness (QED) is 0.507. The summed E-state index contributed by atoms with van der Waals surface area (Å²) in [6.07, 6.45) is 3.03. The van der Waals surface area contributed by atoms with Gasteiger partial charge in [0, 0.05) is 6.04 Å². The first-order valence-electron chi connectivity index (χ1n) is 4.60. The highest BCUT2D eigenvalue weighted by Crippen LogP contribution is 2.10. The van der Waals surface area contributed by atoms with Crippen molar-refractivity contribution in [1.29, 1.82) is 0 Å². The van der Waals surface area contributed by atoms with E-state index in [9.17, 15) is 9.59 Å². The summed E-state index contributed by atoms with van der Waals surface area (Å²) in [7, 11) is 0. The first-order chi connectivity index (χ1) is 6.63. The molecule has 1 fully saturated rings. The predicted molar refractivity (Wildman–Crippen MR) is 55.1 cm³/mol. The lowest BCUT2D eigenvalue weighted by molar-refractivity contribution is -0.167. The Labute approximate surface area is 88.0 Å². The van der Waals surface area contributed by atoms with E-state index in [0.717, 1.165) is 12.2 Å². The molecule has 0 radical (unpaired) electrons. The largest absolute Gasteiger partial charge is 0.391 e. The van der Waals surface area contributed by atoms with Crippen molar-refractivity contribution in [3.05, 3.63) is 0 Å². The molecular formula is C9H15NO3S. The number of hydrogen-bond donors (Lipinski definition) is 0. The highest BCUT2D eigenvalue weighted by atomic mass is 32.2. The molecule has 0 bridgehead atoms. The van der Waals surface area contributed by atoms with Crippen LogP contribution in [0.25, 0.3) is 0 Å². The SMILES string of the molecule is CSCCC(C)N1CC(=O)OC(=O)C1. The molecule has 4 nitrogen and oxygen atoms in total. The van der Waals surface area contributed by atoms with Crippen LogP contribution in [0.3, 0.4) is 0 Å². The van der Waals surface area contributed by atoms with Gasteiger partial charge in [-0.25, -0.2) is 0 Å². The van der Waals surface area contributed by atoms with Crippen molar-refractivity contribution < 1.29 is 14.3 Å². The van der Waals surface area contributed by atoms with Gasteiger partial charge >= 0.3 is 11.9 Å². The number of hydrogen-bond acceptors (Lipinski definition) is 5. The number of cyclic esters (lactones) is 2. The molecule has 0 spiro atoms. The summed E-state index contributed by atoms with van der Waals surface area (Å²) in [5, 5.41) is 0. The lowest BCUT2D eigenvalue weighted by Gasteiger charge is -2.29. The molecule has 1 saturated heterocycles. The summed E-state index contributed by atoms with van der Waals surface area (Å²) in [6, 6.07) is 0.263. The zero-order chi connectivity index (χ0) is 10.6. The molecule has 0 aromatic carbocycles.